The van der Waals surface area contributed by atoms with Crippen molar-refractivity contribution in [3.8, 4) is 0 Å². The summed E-state index contributed by atoms with van der Waals surface area (Å²) in [4.78, 5) is 35.9. The second kappa shape index (κ2) is 6.03. The van der Waals surface area contributed by atoms with Gasteiger partial charge in [0.2, 0.25) is 0 Å². The highest BCUT2D eigenvalue weighted by Gasteiger charge is 2.28. The first-order chi connectivity index (χ1) is 12.5. The smallest absolute Gasteiger partial charge is 0.254 e. The molecule has 0 atom stereocenters. The fourth-order valence-electron chi connectivity index (χ4n) is 2.99. The first-order valence-corrected chi connectivity index (χ1v) is 8.32. The number of anilines is 3. The average Bonchev–Trinajstić information content (AvgIpc) is 3.22. The molecular formula is C18H14ClN3O4. The van der Waals surface area contributed by atoms with E-state index in [1.165, 1.54) is 0 Å². The van der Waals surface area contributed by atoms with Crippen molar-refractivity contribution in [3.05, 3.63) is 72.4 Å². The lowest BCUT2D eigenvalue weighted by Crippen LogP contribution is -2.36. The van der Waals surface area contributed by atoms with Crippen molar-refractivity contribution in [2.75, 3.05) is 10.6 Å². The minimum absolute atomic E-state index is 0.127. The summed E-state index contributed by atoms with van der Waals surface area (Å²) in [5.41, 5.74) is 0.548. The number of amides is 1. The number of carbonyl (C=O) groups excluding carboxylic acids is 1. The normalized spacial score (nSPS) is 12.9. The molecule has 1 aliphatic heterocycles. The number of rotatable bonds is 5. The summed E-state index contributed by atoms with van der Waals surface area (Å²) >= 11 is 6.12. The van der Waals surface area contributed by atoms with Gasteiger partial charge in [0.15, 0.2) is 0 Å². The van der Waals surface area contributed by atoms with Crippen LogP contribution >= 0.6 is 11.6 Å². The molecule has 2 aromatic carbocycles. The quantitative estimate of drug-likeness (QED) is 0.595. The Balaban J connectivity index is 1.62. The Morgan fingerprint density at radius 1 is 1.12 bits per heavy atom. The van der Waals surface area contributed by atoms with Crippen LogP contribution in [0.2, 0.25) is 5.02 Å². The minimum Gasteiger partial charge on any atom is -0.465 e. The van der Waals surface area contributed by atoms with Crippen molar-refractivity contribution in [3.63, 3.8) is 0 Å². The van der Waals surface area contributed by atoms with Gasteiger partial charge in [-0.3, -0.25) is 14.4 Å². The Morgan fingerprint density at radius 3 is 2.62 bits per heavy atom. The first kappa shape index (κ1) is 16.4. The van der Waals surface area contributed by atoms with Crippen LogP contribution in [0.4, 0.5) is 17.1 Å². The summed E-state index contributed by atoms with van der Waals surface area (Å²) in [6, 6.07) is 6.86. The molecule has 3 aromatic rings. The molecule has 8 heteroatoms. The Bertz CT molecular complexity index is 1110. The van der Waals surface area contributed by atoms with Gasteiger partial charge in [0.05, 0.1) is 17.8 Å². The maximum Gasteiger partial charge on any atom is 0.254 e. The van der Waals surface area contributed by atoms with Crippen LogP contribution in [0.5, 0.6) is 0 Å². The average molecular weight is 372 g/mol. The SMILES string of the molecule is Cc1ccc(CNc2c(Nc3ccc(Cl)c4c3C(=O)NC4)c(=O)c2=O)o1. The Morgan fingerprint density at radius 2 is 1.88 bits per heavy atom. The van der Waals surface area contributed by atoms with Gasteiger partial charge < -0.3 is 20.4 Å². The van der Waals surface area contributed by atoms with E-state index in [-0.39, 0.29) is 23.8 Å². The minimum atomic E-state index is -0.634. The summed E-state index contributed by atoms with van der Waals surface area (Å²) in [7, 11) is 0. The van der Waals surface area contributed by atoms with Gasteiger partial charge in [0, 0.05) is 17.1 Å². The Labute approximate surface area is 152 Å². The Hall–Kier alpha value is -3.06. The molecule has 7 nitrogen and oxygen atoms in total. The van der Waals surface area contributed by atoms with Crippen LogP contribution in [0.15, 0.2) is 38.3 Å². The maximum absolute atomic E-state index is 12.1. The van der Waals surface area contributed by atoms with Gasteiger partial charge in [-0.2, -0.15) is 0 Å². The predicted molar refractivity (Wildman–Crippen MR) is 98.0 cm³/mol. The second-order valence-corrected chi connectivity index (χ2v) is 6.44. The van der Waals surface area contributed by atoms with Crippen molar-refractivity contribution in [1.82, 2.24) is 5.32 Å². The van der Waals surface area contributed by atoms with Crippen molar-refractivity contribution >= 4 is 34.6 Å². The van der Waals surface area contributed by atoms with Gasteiger partial charge in [-0.05, 0) is 31.2 Å². The van der Waals surface area contributed by atoms with Crippen LogP contribution in [0.1, 0.15) is 27.4 Å². The van der Waals surface area contributed by atoms with Gasteiger partial charge in [-0.1, -0.05) is 11.6 Å². The molecule has 2 heterocycles. The van der Waals surface area contributed by atoms with Gasteiger partial charge in [-0.15, -0.1) is 0 Å². The molecular weight excluding hydrogens is 358 g/mol. The zero-order chi connectivity index (χ0) is 18.4. The number of hydrogen-bond donors (Lipinski definition) is 3. The van der Waals surface area contributed by atoms with E-state index < -0.39 is 10.9 Å². The number of carbonyl (C=O) groups is 1. The molecule has 0 saturated carbocycles. The monoisotopic (exact) mass is 371 g/mol. The fraction of sp³-hybridized carbons (Fsp3) is 0.167. The topological polar surface area (TPSA) is 100 Å². The number of aryl methyl sites for hydroxylation is 1. The molecule has 0 spiro atoms. The van der Waals surface area contributed by atoms with E-state index in [9.17, 15) is 14.4 Å². The highest BCUT2D eigenvalue weighted by atomic mass is 35.5. The summed E-state index contributed by atoms with van der Waals surface area (Å²) in [6.07, 6.45) is 0. The zero-order valence-electron chi connectivity index (χ0n) is 13.7. The third-order valence-corrected chi connectivity index (χ3v) is 4.67. The van der Waals surface area contributed by atoms with Crippen LogP contribution in [-0.2, 0) is 13.1 Å². The lowest BCUT2D eigenvalue weighted by atomic mass is 10.1. The third kappa shape index (κ3) is 2.57. The molecule has 1 amide bonds. The number of halogens is 1. The lowest BCUT2D eigenvalue weighted by Gasteiger charge is -2.16. The molecule has 0 unspecified atom stereocenters. The maximum atomic E-state index is 12.1. The van der Waals surface area contributed by atoms with Crippen LogP contribution in [-0.4, -0.2) is 5.91 Å². The van der Waals surface area contributed by atoms with Gasteiger partial charge in [-0.25, -0.2) is 0 Å². The molecule has 1 aromatic heterocycles. The number of benzene rings is 1. The van der Waals surface area contributed by atoms with Gasteiger partial charge in [0.1, 0.15) is 22.9 Å². The molecule has 0 radical (unpaired) electrons. The zero-order valence-corrected chi connectivity index (χ0v) is 14.5. The highest BCUT2D eigenvalue weighted by molar-refractivity contribution is 6.32. The molecule has 0 bridgehead atoms. The molecule has 1 aliphatic rings. The molecule has 0 saturated heterocycles. The summed E-state index contributed by atoms with van der Waals surface area (Å²) in [5, 5.41) is 8.99. The van der Waals surface area contributed by atoms with E-state index in [0.717, 1.165) is 5.76 Å². The largest absolute Gasteiger partial charge is 0.465 e. The predicted octanol–water partition coefficient (Wildman–Crippen LogP) is 2.44. The first-order valence-electron chi connectivity index (χ1n) is 7.95. The number of hydrogen-bond acceptors (Lipinski definition) is 6. The summed E-state index contributed by atoms with van der Waals surface area (Å²) in [6.45, 7) is 2.42. The molecule has 4 rings (SSSR count). The van der Waals surface area contributed by atoms with Crippen molar-refractivity contribution in [2.24, 2.45) is 0 Å². The van der Waals surface area contributed by atoms with Gasteiger partial charge >= 0.3 is 0 Å². The van der Waals surface area contributed by atoms with Crippen LogP contribution in [0.3, 0.4) is 0 Å². The summed E-state index contributed by atoms with van der Waals surface area (Å²) in [5.74, 6) is 1.13. The number of nitrogens with one attached hydrogen (secondary N) is 3. The second-order valence-electron chi connectivity index (χ2n) is 6.03. The molecule has 0 fully saturated rings. The molecule has 132 valence electrons. The van der Waals surface area contributed by atoms with E-state index in [1.807, 2.05) is 13.0 Å². The highest BCUT2D eigenvalue weighted by Crippen LogP contribution is 2.33. The van der Waals surface area contributed by atoms with E-state index in [4.69, 9.17) is 16.0 Å². The molecule has 26 heavy (non-hydrogen) atoms. The van der Waals surface area contributed by atoms with Crippen LogP contribution in [0.25, 0.3) is 0 Å². The van der Waals surface area contributed by atoms with Gasteiger partial charge in [0.25, 0.3) is 16.8 Å². The standard InChI is InChI=1S/C18H14ClN3O4/c1-8-2-3-9(26-8)6-20-14-15(17(24)16(14)23)22-12-5-4-11(19)10-7-21-18(25)13(10)12/h2-5,20,22H,6-7H2,1H3,(H,21,25). The third-order valence-electron chi connectivity index (χ3n) is 4.31. The van der Waals surface area contributed by atoms with E-state index >= 15 is 0 Å². The number of furan rings is 1. The van der Waals surface area contributed by atoms with Crippen molar-refractivity contribution in [1.29, 1.82) is 0 Å². The molecule has 0 aliphatic carbocycles. The lowest BCUT2D eigenvalue weighted by molar-refractivity contribution is 0.0966. The van der Waals surface area contributed by atoms with E-state index in [0.29, 0.717) is 34.1 Å². The Kier molecular flexibility index (Phi) is 3.81. The van der Waals surface area contributed by atoms with E-state index in [2.05, 4.69) is 16.0 Å². The van der Waals surface area contributed by atoms with Crippen molar-refractivity contribution < 1.29 is 9.21 Å². The van der Waals surface area contributed by atoms with Crippen molar-refractivity contribution in [2.45, 2.75) is 20.0 Å². The fourth-order valence-corrected chi connectivity index (χ4v) is 3.21. The summed E-state index contributed by atoms with van der Waals surface area (Å²) < 4.78 is 5.44. The van der Waals surface area contributed by atoms with E-state index in [1.54, 1.807) is 18.2 Å². The van der Waals surface area contributed by atoms with Crippen LogP contribution in [0, 0.1) is 6.92 Å². The number of fused-ring (bicyclic) bond motifs is 1. The molecule has 3 N–H and O–H groups in total. The van der Waals surface area contributed by atoms with Crippen LogP contribution < -0.4 is 26.8 Å².